The highest BCUT2D eigenvalue weighted by molar-refractivity contribution is 5.44. The van der Waals surface area contributed by atoms with Crippen molar-refractivity contribution in [3.63, 3.8) is 0 Å². The summed E-state index contributed by atoms with van der Waals surface area (Å²) in [6, 6.07) is 5.99. The van der Waals surface area contributed by atoms with E-state index in [4.69, 9.17) is 14.1 Å². The van der Waals surface area contributed by atoms with E-state index in [-0.39, 0.29) is 5.60 Å². The maximum Gasteiger partial charge on any atom is 0.226 e. The number of anilines is 2. The van der Waals surface area contributed by atoms with Crippen molar-refractivity contribution in [3.8, 4) is 0 Å². The minimum Gasteiger partial charge on any atom is -0.468 e. The number of furan rings is 1. The van der Waals surface area contributed by atoms with Gasteiger partial charge in [0.1, 0.15) is 11.6 Å². The third kappa shape index (κ3) is 3.68. The predicted molar refractivity (Wildman–Crippen MR) is 100 cm³/mol. The van der Waals surface area contributed by atoms with Gasteiger partial charge in [0, 0.05) is 46.5 Å². The summed E-state index contributed by atoms with van der Waals surface area (Å²) in [6.07, 6.45) is 5.77. The van der Waals surface area contributed by atoms with Gasteiger partial charge in [0.2, 0.25) is 5.95 Å². The Balaban J connectivity index is 1.47. The van der Waals surface area contributed by atoms with Crippen molar-refractivity contribution in [2.75, 3.05) is 56.7 Å². The second-order valence-electron chi connectivity index (χ2n) is 7.46. The van der Waals surface area contributed by atoms with Crippen molar-refractivity contribution in [1.29, 1.82) is 0 Å². The predicted octanol–water partition coefficient (Wildman–Crippen LogP) is 2.01. The van der Waals surface area contributed by atoms with E-state index in [0.717, 1.165) is 69.7 Å². The molecule has 2 aliphatic rings. The Kier molecular flexibility index (Phi) is 4.82. The van der Waals surface area contributed by atoms with Crippen LogP contribution in [-0.4, -0.2) is 67.4 Å². The van der Waals surface area contributed by atoms with Crippen molar-refractivity contribution in [2.24, 2.45) is 0 Å². The van der Waals surface area contributed by atoms with Crippen LogP contribution >= 0.6 is 0 Å². The number of hydrogen-bond donors (Lipinski definition) is 0. The van der Waals surface area contributed by atoms with Gasteiger partial charge in [0.15, 0.2) is 0 Å². The first-order chi connectivity index (χ1) is 12.6. The first-order valence-corrected chi connectivity index (χ1v) is 9.28. The molecular formula is C19H27N5O2. The van der Waals surface area contributed by atoms with Gasteiger partial charge in [0.05, 0.1) is 25.0 Å². The third-order valence-corrected chi connectivity index (χ3v) is 5.18. The summed E-state index contributed by atoms with van der Waals surface area (Å²) in [7, 11) is 3.93. The summed E-state index contributed by atoms with van der Waals surface area (Å²) < 4.78 is 11.8. The van der Waals surface area contributed by atoms with Crippen LogP contribution in [0.2, 0.25) is 0 Å². The van der Waals surface area contributed by atoms with Gasteiger partial charge in [0.25, 0.3) is 0 Å². The minimum absolute atomic E-state index is 0.133. The summed E-state index contributed by atoms with van der Waals surface area (Å²) in [5.74, 6) is 2.74. The summed E-state index contributed by atoms with van der Waals surface area (Å²) in [5, 5.41) is 0. The Bertz CT molecular complexity index is 716. The Morgan fingerprint density at radius 2 is 2.15 bits per heavy atom. The van der Waals surface area contributed by atoms with Gasteiger partial charge in [-0.05, 0) is 31.0 Å². The lowest BCUT2D eigenvalue weighted by molar-refractivity contribution is -0.117. The molecular weight excluding hydrogens is 330 g/mol. The second-order valence-corrected chi connectivity index (χ2v) is 7.46. The monoisotopic (exact) mass is 357 g/mol. The fourth-order valence-electron chi connectivity index (χ4n) is 3.95. The van der Waals surface area contributed by atoms with Gasteiger partial charge in [-0.1, -0.05) is 0 Å². The first kappa shape index (κ1) is 17.3. The molecule has 0 amide bonds. The minimum atomic E-state index is -0.133. The van der Waals surface area contributed by atoms with Crippen LogP contribution < -0.4 is 9.80 Å². The summed E-state index contributed by atoms with van der Waals surface area (Å²) >= 11 is 0. The summed E-state index contributed by atoms with van der Waals surface area (Å²) in [5.41, 5.74) is -0.133. The molecule has 0 aromatic carbocycles. The van der Waals surface area contributed by atoms with Crippen LogP contribution in [0.5, 0.6) is 0 Å². The van der Waals surface area contributed by atoms with Crippen molar-refractivity contribution >= 4 is 11.8 Å². The van der Waals surface area contributed by atoms with Gasteiger partial charge >= 0.3 is 0 Å². The molecule has 7 heteroatoms. The van der Waals surface area contributed by atoms with E-state index in [1.807, 2.05) is 43.4 Å². The average molecular weight is 357 g/mol. The van der Waals surface area contributed by atoms with Crippen molar-refractivity contribution in [1.82, 2.24) is 14.9 Å². The second kappa shape index (κ2) is 7.25. The van der Waals surface area contributed by atoms with Gasteiger partial charge < -0.3 is 19.0 Å². The topological polar surface area (TPSA) is 57.9 Å². The Hall–Kier alpha value is -2.12. The summed E-state index contributed by atoms with van der Waals surface area (Å²) in [4.78, 5) is 15.8. The van der Waals surface area contributed by atoms with Crippen LogP contribution in [0.3, 0.4) is 0 Å². The van der Waals surface area contributed by atoms with Crippen LogP contribution in [0.4, 0.5) is 11.8 Å². The number of rotatable bonds is 4. The molecule has 4 rings (SSSR count). The number of morpholine rings is 1. The molecule has 2 aromatic rings. The fourth-order valence-corrected chi connectivity index (χ4v) is 3.95. The molecule has 140 valence electrons. The van der Waals surface area contributed by atoms with Crippen molar-refractivity contribution in [3.05, 3.63) is 36.4 Å². The largest absolute Gasteiger partial charge is 0.468 e. The maximum atomic E-state index is 6.32. The maximum absolute atomic E-state index is 6.32. The highest BCUT2D eigenvalue weighted by atomic mass is 16.5. The molecule has 1 spiro atoms. The zero-order chi connectivity index (χ0) is 18.0. The first-order valence-electron chi connectivity index (χ1n) is 9.28. The van der Waals surface area contributed by atoms with E-state index in [2.05, 4.69) is 14.8 Å². The van der Waals surface area contributed by atoms with Crippen LogP contribution in [0.25, 0.3) is 0 Å². The molecule has 2 aliphatic heterocycles. The highest BCUT2D eigenvalue weighted by Gasteiger charge is 2.41. The van der Waals surface area contributed by atoms with E-state index >= 15 is 0 Å². The standard InChI is InChI=1S/C19H27N5O2/c1-22(2)18-20-8-6-17(21-18)24-9-4-7-19(15-24)14-23(10-12-26-19)13-16-5-3-11-25-16/h3,5-6,8,11H,4,7,9-10,12-15H2,1-2H3. The van der Waals surface area contributed by atoms with Crippen LogP contribution in [0.1, 0.15) is 18.6 Å². The molecule has 2 fully saturated rings. The number of ether oxygens (including phenoxy) is 1. The molecule has 0 aliphatic carbocycles. The molecule has 4 heterocycles. The molecule has 1 atom stereocenters. The Morgan fingerprint density at radius 3 is 2.96 bits per heavy atom. The number of aromatic nitrogens is 2. The number of piperidine rings is 1. The fraction of sp³-hybridized carbons (Fsp3) is 0.579. The lowest BCUT2D eigenvalue weighted by Gasteiger charge is -2.48. The number of nitrogens with zero attached hydrogens (tertiary/aromatic N) is 5. The van der Waals surface area contributed by atoms with Gasteiger partial charge in [-0.25, -0.2) is 4.98 Å². The van der Waals surface area contributed by atoms with Gasteiger partial charge in [-0.2, -0.15) is 4.98 Å². The lowest BCUT2D eigenvalue weighted by Crippen LogP contribution is -2.59. The van der Waals surface area contributed by atoms with E-state index in [9.17, 15) is 0 Å². The molecule has 2 saturated heterocycles. The summed E-state index contributed by atoms with van der Waals surface area (Å²) in [6.45, 7) is 5.35. The van der Waals surface area contributed by atoms with Gasteiger partial charge in [-0.3, -0.25) is 4.90 Å². The Labute approximate surface area is 154 Å². The van der Waals surface area contributed by atoms with Crippen molar-refractivity contribution in [2.45, 2.75) is 25.0 Å². The molecule has 0 radical (unpaired) electrons. The molecule has 7 nitrogen and oxygen atoms in total. The molecule has 2 aromatic heterocycles. The Morgan fingerprint density at radius 1 is 1.23 bits per heavy atom. The zero-order valence-electron chi connectivity index (χ0n) is 15.6. The number of hydrogen-bond acceptors (Lipinski definition) is 7. The average Bonchev–Trinajstić information content (AvgIpc) is 3.15. The smallest absolute Gasteiger partial charge is 0.226 e. The SMILES string of the molecule is CN(C)c1nccc(N2CCCC3(CN(Cc4ccco4)CCO3)C2)n1. The van der Waals surface area contributed by atoms with E-state index in [0.29, 0.717) is 0 Å². The van der Waals surface area contributed by atoms with E-state index < -0.39 is 0 Å². The van der Waals surface area contributed by atoms with Crippen LogP contribution in [0.15, 0.2) is 35.1 Å². The van der Waals surface area contributed by atoms with Gasteiger partial charge in [-0.15, -0.1) is 0 Å². The normalized spacial score (nSPS) is 24.2. The van der Waals surface area contributed by atoms with Crippen LogP contribution in [0, 0.1) is 0 Å². The molecule has 0 N–H and O–H groups in total. The highest BCUT2D eigenvalue weighted by Crippen LogP contribution is 2.31. The molecule has 0 bridgehead atoms. The molecule has 0 saturated carbocycles. The quantitative estimate of drug-likeness (QED) is 0.829. The van der Waals surface area contributed by atoms with Crippen molar-refractivity contribution < 1.29 is 9.15 Å². The lowest BCUT2D eigenvalue weighted by atomic mass is 9.90. The van der Waals surface area contributed by atoms with E-state index in [1.54, 1.807) is 6.26 Å². The molecule has 26 heavy (non-hydrogen) atoms. The zero-order valence-corrected chi connectivity index (χ0v) is 15.6. The molecule has 1 unspecified atom stereocenters. The third-order valence-electron chi connectivity index (χ3n) is 5.18. The van der Waals surface area contributed by atoms with Crippen LogP contribution in [-0.2, 0) is 11.3 Å². The van der Waals surface area contributed by atoms with E-state index in [1.165, 1.54) is 0 Å².